The van der Waals surface area contributed by atoms with Crippen LogP contribution in [0.5, 0.6) is 0 Å². The maximum absolute atomic E-state index is 5.60. The molecule has 677 valence electrons. The lowest BCUT2D eigenvalue weighted by Gasteiger charge is -2.27. The van der Waals surface area contributed by atoms with Gasteiger partial charge in [-0.2, -0.15) is 0 Å². The Kier molecular flexibility index (Phi) is 28.2. The molecule has 0 fully saturated rings. The molecule has 0 aliphatic rings. The van der Waals surface area contributed by atoms with E-state index >= 15 is 0 Å². The average molecular weight is 1950 g/mol. The number of nitrogen functional groups attached to an aromatic ring is 1. The van der Waals surface area contributed by atoms with Gasteiger partial charge in [-0.15, -0.1) is 0 Å². The van der Waals surface area contributed by atoms with Crippen LogP contribution in [-0.4, -0.2) is 17.5 Å². The third-order valence-electron chi connectivity index (χ3n) is 25.6. The second kappa shape index (κ2) is 43.4. The fraction of sp³-hybridized carbons (Fsp3) is 0. The lowest BCUT2D eigenvalue weighted by molar-refractivity contribution is 1.18. The average Bonchev–Trinajstić information content (AvgIpc) is 1.59. The molecule has 0 aliphatic carbocycles. The van der Waals surface area contributed by atoms with Gasteiger partial charge in [0.25, 0.3) is 0 Å². The van der Waals surface area contributed by atoms with Gasteiger partial charge in [0.15, 0.2) is 0 Å². The summed E-state index contributed by atoms with van der Waals surface area (Å²) in [5.74, 6) is 0. The number of halogens is 2. The Bertz CT molecular complexity index is 7830. The Balaban J connectivity index is 0.000000152. The van der Waals surface area contributed by atoms with Crippen LogP contribution in [0.4, 0.5) is 62.6 Å². The van der Waals surface area contributed by atoms with Gasteiger partial charge in [-0.1, -0.05) is 390 Å². The number of anilines is 11. The van der Waals surface area contributed by atoms with Crippen LogP contribution in [0.1, 0.15) is 0 Å². The standard InChI is InChI=1S/C72H50N4.C36H28N2.C12H8Br2.C12H11N.B/c1-5-17-51(18-6-1)53-29-37-59(38-30-53)73(63-45-47-71-67(49-63)65-25-13-15-27-69(65)75(71)57-21-9-3-10-22-57)61-41-33-55(34-42-61)56-35-43-62(44-36-56)74(60-39-31-54(32-40-60)52-19-7-2-8-20-52)64-46-48-72-68(50-64)66-26-14-16-28-70(66)76(72)58-23-11-4-12-24-58;1-3-7-27(8-4-1)29-11-19-33(20-12-29)37-35-23-15-31(16-24-35)32-17-25-36(26-18-32)38-34-21-13-30(14-22-34)28-9-5-2-6-10-28;13-11-5-1-9(2-6-11)10-3-7-12(14)8-4-10;13-12-8-6-11(7-9-12)10-4-2-1-3-5-10;/h1-50H;1-26,37-38H;1-8H;1-9H,13H2;. The van der Waals surface area contributed by atoms with Gasteiger partial charge in [-0.3, -0.25) is 0 Å². The summed E-state index contributed by atoms with van der Waals surface area (Å²) in [6, 6.07) is 200. The molecular formula is C132H97BBr2N7. The Morgan fingerprint density at radius 1 is 0.169 bits per heavy atom. The molecule has 10 heteroatoms. The van der Waals surface area contributed by atoms with Crippen molar-refractivity contribution in [3.05, 3.63) is 573 Å². The fourth-order valence-corrected chi connectivity index (χ4v) is 19.0. The van der Waals surface area contributed by atoms with Gasteiger partial charge in [0.1, 0.15) is 0 Å². The monoisotopic (exact) mass is 1950 g/mol. The first-order valence-electron chi connectivity index (χ1n) is 47.4. The van der Waals surface area contributed by atoms with Crippen molar-refractivity contribution in [3.8, 4) is 100 Å². The number of aromatic nitrogens is 2. The first-order chi connectivity index (χ1) is 69.6. The summed E-state index contributed by atoms with van der Waals surface area (Å²) >= 11 is 6.84. The third kappa shape index (κ3) is 21.1. The van der Waals surface area contributed by atoms with Crippen LogP contribution in [0, 0.1) is 0 Å². The van der Waals surface area contributed by atoms with E-state index in [0.29, 0.717) is 0 Å². The fourth-order valence-electron chi connectivity index (χ4n) is 18.4. The highest BCUT2D eigenvalue weighted by atomic mass is 79.9. The lowest BCUT2D eigenvalue weighted by atomic mass is 10.0. The molecule has 0 bridgehead atoms. The van der Waals surface area contributed by atoms with Gasteiger partial charge in [-0.05, 0) is 295 Å². The van der Waals surface area contributed by atoms with E-state index in [1.807, 2.05) is 54.6 Å². The van der Waals surface area contributed by atoms with Gasteiger partial charge in [0, 0.05) is 113 Å². The van der Waals surface area contributed by atoms with E-state index in [-0.39, 0.29) is 8.41 Å². The highest BCUT2D eigenvalue weighted by Crippen LogP contribution is 2.45. The number of nitrogens with two attached hydrogens (primary N) is 1. The molecule has 3 radical (unpaired) electrons. The minimum atomic E-state index is 0. The molecule has 0 saturated carbocycles. The van der Waals surface area contributed by atoms with Gasteiger partial charge >= 0.3 is 0 Å². The predicted octanol–water partition coefficient (Wildman–Crippen LogP) is 37.4. The van der Waals surface area contributed by atoms with Crippen molar-refractivity contribution in [2.75, 3.05) is 26.2 Å². The van der Waals surface area contributed by atoms with Crippen molar-refractivity contribution < 1.29 is 0 Å². The zero-order valence-corrected chi connectivity index (χ0v) is 81.1. The largest absolute Gasteiger partial charge is 0.399 e. The maximum Gasteiger partial charge on any atom is 0.0542 e. The molecule has 0 atom stereocenters. The Labute approximate surface area is 848 Å². The number of para-hydroxylation sites is 4. The summed E-state index contributed by atoms with van der Waals surface area (Å²) in [4.78, 5) is 4.76. The van der Waals surface area contributed by atoms with Crippen molar-refractivity contribution in [1.29, 1.82) is 0 Å². The van der Waals surface area contributed by atoms with Crippen LogP contribution in [0.2, 0.25) is 0 Å². The van der Waals surface area contributed by atoms with Gasteiger partial charge in [-0.25, -0.2) is 0 Å². The van der Waals surface area contributed by atoms with E-state index in [2.05, 4.69) is 571 Å². The van der Waals surface area contributed by atoms with Crippen LogP contribution in [0.25, 0.3) is 144 Å². The molecule has 2 heterocycles. The number of benzene rings is 22. The number of hydrogen-bond acceptors (Lipinski definition) is 5. The quantitative estimate of drug-likeness (QED) is 0.0524. The van der Waals surface area contributed by atoms with E-state index in [0.717, 1.165) is 94.0 Å². The highest BCUT2D eigenvalue weighted by molar-refractivity contribution is 9.10. The van der Waals surface area contributed by atoms with Crippen LogP contribution in [-0.2, 0) is 0 Å². The minimum absolute atomic E-state index is 0. The van der Waals surface area contributed by atoms with Crippen LogP contribution >= 0.6 is 31.9 Å². The van der Waals surface area contributed by atoms with E-state index in [1.165, 1.54) is 122 Å². The SMILES string of the molecule is Brc1ccc(-c2ccc(Br)cc2)cc1.Nc1ccc(-c2ccccc2)cc1.[B].c1ccc(-c2ccc(N(c3ccc(-c4ccc(N(c5ccc(-c6ccccc6)cc5)c5ccc6c(c5)c5ccccc5n6-c5ccccc5)cc4)cc3)c3ccc4c(c3)c3ccccc3n4-c3ccccc3)cc2)cc1.c1ccc(-c2ccc(Nc3ccc(-c4ccc(Nc5ccc(-c6ccccc6)cc5)cc4)cc3)cc2)cc1. The van der Waals surface area contributed by atoms with Crippen LogP contribution in [0.15, 0.2) is 573 Å². The van der Waals surface area contributed by atoms with Crippen molar-refractivity contribution in [1.82, 2.24) is 9.13 Å². The predicted molar refractivity (Wildman–Crippen MR) is 612 cm³/mol. The number of hydrogen-bond donors (Lipinski definition) is 3. The number of nitrogens with zero attached hydrogens (tertiary/aromatic N) is 4. The van der Waals surface area contributed by atoms with Crippen molar-refractivity contribution in [2.45, 2.75) is 0 Å². The van der Waals surface area contributed by atoms with E-state index in [1.54, 1.807) is 0 Å². The molecule has 22 aromatic carbocycles. The molecule has 0 spiro atoms. The Hall–Kier alpha value is -17.5. The summed E-state index contributed by atoms with van der Waals surface area (Å²) in [5.41, 5.74) is 43.4. The normalized spacial score (nSPS) is 10.9. The summed E-state index contributed by atoms with van der Waals surface area (Å²) in [7, 11) is 0. The van der Waals surface area contributed by atoms with Gasteiger partial charge in [0.2, 0.25) is 0 Å². The highest BCUT2D eigenvalue weighted by Gasteiger charge is 2.22. The molecule has 24 rings (SSSR count). The number of fused-ring (bicyclic) bond motifs is 6. The molecule has 0 aliphatic heterocycles. The second-order valence-electron chi connectivity index (χ2n) is 34.7. The van der Waals surface area contributed by atoms with Crippen LogP contribution < -0.4 is 26.2 Å². The topological polar surface area (TPSA) is 66.4 Å². The summed E-state index contributed by atoms with van der Waals surface area (Å²) in [5, 5.41) is 11.9. The molecule has 0 amide bonds. The van der Waals surface area contributed by atoms with E-state index in [9.17, 15) is 0 Å². The summed E-state index contributed by atoms with van der Waals surface area (Å²) < 4.78 is 6.97. The molecule has 2 aromatic heterocycles. The molecule has 0 unspecified atom stereocenters. The molecule has 4 N–H and O–H groups in total. The second-order valence-corrected chi connectivity index (χ2v) is 36.5. The van der Waals surface area contributed by atoms with Crippen molar-refractivity contribution in [2.24, 2.45) is 0 Å². The van der Waals surface area contributed by atoms with Crippen LogP contribution in [0.3, 0.4) is 0 Å². The first kappa shape index (κ1) is 92.2. The lowest BCUT2D eigenvalue weighted by Crippen LogP contribution is -2.10. The zero-order chi connectivity index (χ0) is 95.0. The smallest absolute Gasteiger partial charge is 0.0542 e. The van der Waals surface area contributed by atoms with Crippen molar-refractivity contribution >= 4 is 146 Å². The van der Waals surface area contributed by atoms with Crippen molar-refractivity contribution in [3.63, 3.8) is 0 Å². The molecular weight excluding hydrogens is 1850 g/mol. The molecule has 0 saturated heterocycles. The minimum Gasteiger partial charge on any atom is -0.399 e. The molecule has 142 heavy (non-hydrogen) atoms. The Morgan fingerprint density at radius 3 is 0.599 bits per heavy atom. The summed E-state index contributed by atoms with van der Waals surface area (Å²) in [6.45, 7) is 0. The maximum atomic E-state index is 5.60. The number of nitrogens with one attached hydrogen (secondary N) is 2. The third-order valence-corrected chi connectivity index (χ3v) is 26.7. The first-order valence-corrected chi connectivity index (χ1v) is 49.0. The van der Waals surface area contributed by atoms with E-state index in [4.69, 9.17) is 5.73 Å². The zero-order valence-electron chi connectivity index (χ0n) is 77.9. The molecule has 7 nitrogen and oxygen atoms in total. The Morgan fingerprint density at radius 2 is 0.352 bits per heavy atom. The summed E-state index contributed by atoms with van der Waals surface area (Å²) in [6.07, 6.45) is 0. The van der Waals surface area contributed by atoms with Gasteiger partial charge in [0.05, 0.1) is 22.1 Å². The van der Waals surface area contributed by atoms with E-state index < -0.39 is 0 Å². The molecule has 24 aromatic rings. The van der Waals surface area contributed by atoms with Gasteiger partial charge < -0.3 is 35.3 Å². The number of rotatable bonds is 20.